The van der Waals surface area contributed by atoms with Crippen LogP contribution in [0.2, 0.25) is 0 Å². The van der Waals surface area contributed by atoms with Gasteiger partial charge >= 0.3 is 5.97 Å². The smallest absolute Gasteiger partial charge is 0.325 e. The third-order valence-electron chi connectivity index (χ3n) is 13.2. The lowest BCUT2D eigenvalue weighted by Gasteiger charge is -2.38. The Morgan fingerprint density at radius 3 is 2.56 bits per heavy atom. The van der Waals surface area contributed by atoms with Crippen molar-refractivity contribution >= 4 is 56.4 Å². The van der Waals surface area contributed by atoms with Gasteiger partial charge in [0.2, 0.25) is 11.8 Å². The second kappa shape index (κ2) is 20.1. The molecule has 0 saturated carbocycles. The number of halogens is 1. The van der Waals surface area contributed by atoms with Gasteiger partial charge in [0, 0.05) is 79.7 Å². The van der Waals surface area contributed by atoms with E-state index in [1.165, 1.54) is 14.8 Å². The summed E-state index contributed by atoms with van der Waals surface area (Å²) in [5.41, 5.74) is 10.3. The van der Waals surface area contributed by atoms with Crippen molar-refractivity contribution in [1.82, 2.24) is 35.1 Å². The summed E-state index contributed by atoms with van der Waals surface area (Å²) in [5.74, 6) is -0.917. The number of terminal acetylenes is 1. The predicted molar refractivity (Wildman–Crippen MR) is 257 cm³/mol. The molecule has 2 unspecified atom stereocenters. The third kappa shape index (κ3) is 10.1. The number of carbonyl (C=O) groups excluding carboxylic acids is 5. The summed E-state index contributed by atoms with van der Waals surface area (Å²) in [4.78, 5) is 76.9. The summed E-state index contributed by atoms with van der Waals surface area (Å²) in [6.07, 6.45) is 8.36. The summed E-state index contributed by atoms with van der Waals surface area (Å²) in [7, 11) is 3.27. The zero-order valence-electron chi connectivity index (χ0n) is 39.2. The molecule has 0 radical (unpaired) electrons. The number of alkyl halides is 1. The molecule has 0 aliphatic carbocycles. The van der Waals surface area contributed by atoms with Crippen LogP contribution in [0.4, 0.5) is 0 Å². The molecule has 2 fully saturated rings. The monoisotopic (exact) mass is 963 g/mol. The number of likely N-dealkylation sites (tertiary alicyclic amines) is 1. The number of benzene rings is 2. The Bertz CT molecular complexity index is 2550. The molecule has 2 saturated heterocycles. The number of likely N-dealkylation sites (N-methyl/N-ethyl adjacent to an activating group) is 1. The number of nitrogens with one attached hydrogen (secondary N) is 2. The van der Waals surface area contributed by atoms with Crippen molar-refractivity contribution in [1.29, 1.82) is 0 Å². The van der Waals surface area contributed by atoms with E-state index in [0.717, 1.165) is 50.1 Å². The molecule has 2 aromatic heterocycles. The van der Waals surface area contributed by atoms with Crippen LogP contribution >= 0.6 is 15.9 Å². The van der Waals surface area contributed by atoms with Gasteiger partial charge in [-0.25, -0.2) is 5.43 Å². The molecule has 2 aromatic carbocycles. The number of cyclic esters (lactones) is 1. The fourth-order valence-electron chi connectivity index (χ4n) is 9.84. The van der Waals surface area contributed by atoms with Crippen LogP contribution in [0, 0.1) is 29.6 Å². The number of esters is 1. The van der Waals surface area contributed by atoms with Gasteiger partial charge in [0.1, 0.15) is 18.1 Å². The van der Waals surface area contributed by atoms with Gasteiger partial charge < -0.3 is 29.2 Å². The number of amides is 4. The second-order valence-corrected chi connectivity index (χ2v) is 20.3. The first-order chi connectivity index (χ1) is 31.4. The highest BCUT2D eigenvalue weighted by Gasteiger charge is 2.41. The Morgan fingerprint density at radius 2 is 1.85 bits per heavy atom. The number of fused-ring (bicyclic) bond motifs is 6. The fourth-order valence-corrected chi connectivity index (χ4v) is 10.5. The maximum atomic E-state index is 14.8. The molecule has 350 valence electrons. The van der Waals surface area contributed by atoms with Gasteiger partial charge in [-0.15, -0.1) is 6.42 Å². The van der Waals surface area contributed by atoms with Gasteiger partial charge in [-0.3, -0.25) is 34.0 Å². The summed E-state index contributed by atoms with van der Waals surface area (Å²) in [5, 5.41) is 5.51. The Morgan fingerprint density at radius 1 is 1.09 bits per heavy atom. The lowest BCUT2D eigenvalue weighted by Crippen LogP contribution is -2.64. The Balaban J connectivity index is 1.30. The number of carbonyl (C=O) groups is 5. The number of methoxy groups -OCH3 is 1. The van der Waals surface area contributed by atoms with Gasteiger partial charge in [-0.1, -0.05) is 74.0 Å². The lowest BCUT2D eigenvalue weighted by atomic mass is 9.84. The molecule has 66 heavy (non-hydrogen) atoms. The van der Waals surface area contributed by atoms with Crippen molar-refractivity contribution in [3.05, 3.63) is 77.6 Å². The number of nitrogens with zero attached hydrogens (tertiary/aromatic N) is 5. The molecule has 4 amide bonds. The summed E-state index contributed by atoms with van der Waals surface area (Å²) >= 11 is 3.70. The first kappa shape index (κ1) is 48.4. The lowest BCUT2D eigenvalue weighted by molar-refractivity contribution is -0.155. The van der Waals surface area contributed by atoms with Crippen molar-refractivity contribution in [3.63, 3.8) is 0 Å². The van der Waals surface area contributed by atoms with E-state index in [-0.39, 0.29) is 48.9 Å². The van der Waals surface area contributed by atoms with Crippen LogP contribution < -0.4 is 10.7 Å². The van der Waals surface area contributed by atoms with Crippen molar-refractivity contribution < 1.29 is 33.4 Å². The first-order valence-corrected chi connectivity index (χ1v) is 23.8. The molecule has 0 spiro atoms. The SMILES string of the molecule is C#CC(=O)N1CC[C@H](C(=O)N(C)C(C(=O)N[C@H]2Cc3cccc(c3)-c3ccc4c(c3)c(c(-c3cccnc3[C@H](C)OC)n4CC)CC(C)(C)COC(=O)[C@@H]3CC(Br)CN(N3)C2=O)C(C)C)C1. The van der Waals surface area contributed by atoms with Crippen molar-refractivity contribution in [2.45, 2.75) is 103 Å². The fraction of sp³-hybridized carbons (Fsp3) is 0.490. The third-order valence-corrected chi connectivity index (χ3v) is 13.9. The van der Waals surface area contributed by atoms with E-state index in [2.05, 4.69) is 82.2 Å². The van der Waals surface area contributed by atoms with Crippen LogP contribution in [-0.2, 0) is 52.8 Å². The number of ether oxygens (including phenoxy) is 2. The van der Waals surface area contributed by atoms with E-state index in [1.54, 1.807) is 20.4 Å². The number of aromatic nitrogens is 2. The number of hydrazine groups is 1. The first-order valence-electron chi connectivity index (χ1n) is 22.9. The van der Waals surface area contributed by atoms with Crippen molar-refractivity contribution in [3.8, 4) is 34.7 Å². The van der Waals surface area contributed by atoms with E-state index in [0.29, 0.717) is 32.4 Å². The van der Waals surface area contributed by atoms with E-state index in [4.69, 9.17) is 20.9 Å². The van der Waals surface area contributed by atoms with Crippen LogP contribution in [0.3, 0.4) is 0 Å². The topological polar surface area (TPSA) is 155 Å². The molecule has 2 N–H and O–H groups in total. The van der Waals surface area contributed by atoms with Crippen LogP contribution in [0.25, 0.3) is 33.3 Å². The van der Waals surface area contributed by atoms with E-state index >= 15 is 0 Å². The Kier molecular flexibility index (Phi) is 14.7. The molecule has 3 aliphatic rings. The average Bonchev–Trinajstić information content (AvgIpc) is 3.92. The summed E-state index contributed by atoms with van der Waals surface area (Å²) in [6.45, 7) is 13.6. The van der Waals surface area contributed by atoms with E-state index in [1.807, 2.05) is 51.1 Å². The normalized spacial score (nSPS) is 22.0. The largest absolute Gasteiger partial charge is 0.464 e. The summed E-state index contributed by atoms with van der Waals surface area (Å²) < 4.78 is 14.3. The van der Waals surface area contributed by atoms with Gasteiger partial charge in [0.25, 0.3) is 11.8 Å². The standard InChI is InChI=1S/C51H62BrN7O7/c1-10-43(60)57-21-19-35(27-57)48(62)56(8)45(30(3)4)47(61)54-40-23-32-14-12-15-33(22-32)34-17-18-42-38(24-34)39(46(58(42)11-2)37-16-13-20-53-44(37)31(5)65-9)26-51(6,7)29-66-50(64)41-25-36(52)28-59(55-41)49(40)63/h1,12-18,20,22,24,30-31,35-36,40-41,45,55H,11,19,21,23,25-29H2,2-9H3,(H,54,61)/t31-,35-,36?,40-,41-,45?/m0/s1. The summed E-state index contributed by atoms with van der Waals surface area (Å²) in [6, 6.07) is 15.6. The maximum Gasteiger partial charge on any atom is 0.325 e. The zero-order valence-corrected chi connectivity index (χ0v) is 40.8. The molecular formula is C51H62BrN7O7. The molecule has 14 nitrogen and oxygen atoms in total. The average molecular weight is 965 g/mol. The number of pyridine rings is 1. The van der Waals surface area contributed by atoms with Crippen LogP contribution in [0.5, 0.6) is 0 Å². The molecule has 5 heterocycles. The van der Waals surface area contributed by atoms with E-state index in [9.17, 15) is 24.0 Å². The minimum atomic E-state index is -1.09. The maximum absolute atomic E-state index is 14.8. The highest BCUT2D eigenvalue weighted by molar-refractivity contribution is 9.09. The minimum absolute atomic E-state index is 0.111. The predicted octanol–water partition coefficient (Wildman–Crippen LogP) is 6.08. The van der Waals surface area contributed by atoms with Gasteiger partial charge in [-0.2, -0.15) is 0 Å². The molecule has 6 bridgehead atoms. The molecule has 3 aliphatic heterocycles. The number of hydrogen-bond donors (Lipinski definition) is 2. The molecule has 6 atom stereocenters. The number of aryl methyl sites for hydroxylation is 1. The molecule has 15 heteroatoms. The molecule has 7 rings (SSSR count). The molecular weight excluding hydrogens is 903 g/mol. The van der Waals surface area contributed by atoms with Crippen LogP contribution in [0.15, 0.2) is 60.8 Å². The zero-order chi connectivity index (χ0) is 47.6. The highest BCUT2D eigenvalue weighted by Crippen LogP contribution is 2.42. The quantitative estimate of drug-likeness (QED) is 0.115. The van der Waals surface area contributed by atoms with Crippen LogP contribution in [0.1, 0.15) is 77.3 Å². The van der Waals surface area contributed by atoms with Crippen molar-refractivity contribution in [2.75, 3.05) is 40.4 Å². The van der Waals surface area contributed by atoms with E-state index < -0.39 is 53.1 Å². The van der Waals surface area contributed by atoms with Crippen LogP contribution in [-0.4, -0.2) is 117 Å². The van der Waals surface area contributed by atoms with Gasteiger partial charge in [0.15, 0.2) is 0 Å². The second-order valence-electron chi connectivity index (χ2n) is 19.0. The highest BCUT2D eigenvalue weighted by atomic mass is 79.9. The Labute approximate surface area is 396 Å². The minimum Gasteiger partial charge on any atom is -0.464 e. The molecule has 4 aromatic rings. The van der Waals surface area contributed by atoms with Crippen molar-refractivity contribution in [2.24, 2.45) is 17.3 Å². The van der Waals surface area contributed by atoms with Gasteiger partial charge in [-0.05, 0) is 91.5 Å². The number of rotatable bonds is 9. The number of hydrogen-bond acceptors (Lipinski definition) is 9. The Hall–Kier alpha value is -5.56. The van der Waals surface area contributed by atoms with Gasteiger partial charge in [0.05, 0.1) is 30.0 Å².